The Hall–Kier alpha value is -2.60. The third-order valence-corrected chi connectivity index (χ3v) is 8.57. The van der Waals surface area contributed by atoms with Crippen LogP contribution in [0.1, 0.15) is 49.8 Å². The number of carbonyl (C=O) groups is 1. The summed E-state index contributed by atoms with van der Waals surface area (Å²) in [7, 11) is 0. The first kappa shape index (κ1) is 25.1. The number of piperidine rings is 1. The number of hydrogen-bond donors (Lipinski definition) is 2. The summed E-state index contributed by atoms with van der Waals surface area (Å²) in [5.74, 6) is 1.48. The first-order valence-corrected chi connectivity index (χ1v) is 13.3. The number of carboxylic acids is 1. The molecule has 0 amide bonds. The molecule has 0 radical (unpaired) electrons. The van der Waals surface area contributed by atoms with Crippen LogP contribution >= 0.6 is 23.2 Å². The van der Waals surface area contributed by atoms with Gasteiger partial charge in [-0.3, -0.25) is 4.79 Å². The minimum atomic E-state index is -0.656. The van der Waals surface area contributed by atoms with Gasteiger partial charge >= 0.3 is 5.97 Å². The van der Waals surface area contributed by atoms with Crippen molar-refractivity contribution in [1.29, 1.82) is 5.26 Å². The monoisotopic (exact) mass is 528 g/mol. The maximum atomic E-state index is 11.2. The van der Waals surface area contributed by atoms with Crippen molar-refractivity contribution < 1.29 is 9.90 Å². The number of aliphatic carboxylic acids is 1. The number of rotatable bonds is 7. The molecular weight excluding hydrogens is 499 g/mol. The predicted molar refractivity (Wildman–Crippen MR) is 139 cm³/mol. The van der Waals surface area contributed by atoms with E-state index in [2.05, 4.69) is 26.2 Å². The van der Waals surface area contributed by atoms with E-state index in [4.69, 9.17) is 28.2 Å². The van der Waals surface area contributed by atoms with E-state index < -0.39 is 5.97 Å². The van der Waals surface area contributed by atoms with Gasteiger partial charge in [0.1, 0.15) is 17.5 Å². The molecule has 0 spiro atoms. The highest BCUT2D eigenvalue weighted by Crippen LogP contribution is 2.38. The molecule has 2 saturated heterocycles. The number of benzene rings is 1. The van der Waals surface area contributed by atoms with Gasteiger partial charge in [0.15, 0.2) is 0 Å². The number of likely N-dealkylation sites (tertiary alicyclic amines) is 1. The largest absolute Gasteiger partial charge is 0.481 e. The van der Waals surface area contributed by atoms with E-state index in [9.17, 15) is 15.2 Å². The molecule has 2 aliphatic heterocycles. The quantitative estimate of drug-likeness (QED) is 0.525. The summed E-state index contributed by atoms with van der Waals surface area (Å²) < 4.78 is 0. The van der Waals surface area contributed by atoms with Crippen LogP contribution in [0.2, 0.25) is 10.0 Å². The highest BCUT2D eigenvalue weighted by molar-refractivity contribution is 6.35. The van der Waals surface area contributed by atoms with E-state index >= 15 is 0 Å². The molecule has 190 valence electrons. The molecule has 2 atom stereocenters. The summed E-state index contributed by atoms with van der Waals surface area (Å²) in [5.41, 5.74) is 1.26. The summed E-state index contributed by atoms with van der Waals surface area (Å²) in [6, 6.07) is 7.79. The zero-order valence-electron chi connectivity index (χ0n) is 20.2. The summed E-state index contributed by atoms with van der Waals surface area (Å²) >= 11 is 12.4. The van der Waals surface area contributed by atoms with Gasteiger partial charge in [-0.2, -0.15) is 10.2 Å². The van der Waals surface area contributed by atoms with Gasteiger partial charge in [-0.25, -0.2) is 4.98 Å². The Labute approximate surface area is 221 Å². The number of halogens is 2. The Balaban J connectivity index is 1.20. The number of carboxylic acid groups (broad SMARTS) is 1. The molecule has 3 fully saturated rings. The van der Waals surface area contributed by atoms with Crippen LogP contribution in [0.25, 0.3) is 0 Å². The summed E-state index contributed by atoms with van der Waals surface area (Å²) in [6.07, 6.45) is 5.53. The van der Waals surface area contributed by atoms with Gasteiger partial charge in [0.05, 0.1) is 18.2 Å². The van der Waals surface area contributed by atoms with E-state index in [-0.39, 0.29) is 12.0 Å². The number of aromatic nitrogens is 2. The fourth-order valence-corrected chi connectivity index (χ4v) is 6.24. The molecule has 1 aromatic heterocycles. The van der Waals surface area contributed by atoms with Crippen LogP contribution < -0.4 is 10.2 Å². The molecule has 8 nitrogen and oxygen atoms in total. The van der Waals surface area contributed by atoms with E-state index in [0.29, 0.717) is 45.3 Å². The maximum Gasteiger partial charge on any atom is 0.306 e. The van der Waals surface area contributed by atoms with E-state index in [1.807, 2.05) is 13.0 Å². The topological polar surface area (TPSA) is 105 Å². The van der Waals surface area contributed by atoms with Gasteiger partial charge in [0, 0.05) is 35.7 Å². The van der Waals surface area contributed by atoms with Crippen molar-refractivity contribution >= 4 is 40.9 Å². The molecule has 5 rings (SSSR count). The van der Waals surface area contributed by atoms with Gasteiger partial charge in [-0.15, -0.1) is 0 Å². The van der Waals surface area contributed by atoms with Crippen LogP contribution in [-0.2, 0) is 4.79 Å². The molecule has 0 unspecified atom stereocenters. The SMILES string of the molecule is C[C@@H](Nc1nc(N2CC([C@H]3CCCN([C@H]4C[C@@H](C(=O)O)C4)C3)C2)ncc1C#N)c1ccc(Cl)cc1Cl. The standard InChI is InChI=1S/C26H30Cl2N6O2/c1-15(22-5-4-20(27)9-23(22)28)31-24-18(10-29)11-30-26(32-24)34-13-19(14-34)16-3-2-6-33(12-16)21-7-17(8-21)25(35)36/h4-5,9,11,15-17,19,21H,2-3,6-8,12-14H2,1H3,(H,35,36)(H,30,31,32)/t15-,16+,17-,21+/m1/s1. The summed E-state index contributed by atoms with van der Waals surface area (Å²) in [5, 5.41) is 23.2. The Morgan fingerprint density at radius 2 is 2.03 bits per heavy atom. The van der Waals surface area contributed by atoms with Crippen LogP contribution in [-0.4, -0.2) is 58.2 Å². The first-order valence-electron chi connectivity index (χ1n) is 12.5. The van der Waals surface area contributed by atoms with Crippen molar-refractivity contribution in [1.82, 2.24) is 14.9 Å². The second kappa shape index (κ2) is 10.4. The maximum absolute atomic E-state index is 11.2. The molecule has 1 saturated carbocycles. The van der Waals surface area contributed by atoms with Crippen LogP contribution in [0.15, 0.2) is 24.4 Å². The molecule has 1 aromatic carbocycles. The van der Waals surface area contributed by atoms with Crippen LogP contribution in [0.5, 0.6) is 0 Å². The molecule has 2 aromatic rings. The zero-order chi connectivity index (χ0) is 25.4. The average Bonchev–Trinajstić information content (AvgIpc) is 2.77. The van der Waals surface area contributed by atoms with Crippen molar-refractivity contribution in [2.45, 2.75) is 44.7 Å². The molecule has 3 aliphatic rings. The Morgan fingerprint density at radius 1 is 1.25 bits per heavy atom. The lowest BCUT2D eigenvalue weighted by molar-refractivity contribution is -0.147. The first-order chi connectivity index (χ1) is 17.3. The molecule has 2 N–H and O–H groups in total. The second-order valence-electron chi connectivity index (χ2n) is 10.3. The molecule has 0 bridgehead atoms. The van der Waals surface area contributed by atoms with E-state index in [1.165, 1.54) is 12.8 Å². The van der Waals surface area contributed by atoms with Crippen molar-refractivity contribution in [3.8, 4) is 6.07 Å². The fourth-order valence-electron chi connectivity index (χ4n) is 5.67. The minimum Gasteiger partial charge on any atom is -0.481 e. The molecule has 3 heterocycles. The Kier molecular flexibility index (Phi) is 7.25. The second-order valence-corrected chi connectivity index (χ2v) is 11.1. The lowest BCUT2D eigenvalue weighted by Crippen LogP contribution is -2.56. The highest BCUT2D eigenvalue weighted by atomic mass is 35.5. The fraction of sp³-hybridized carbons (Fsp3) is 0.538. The van der Waals surface area contributed by atoms with Gasteiger partial charge in [0.2, 0.25) is 5.95 Å². The third kappa shape index (κ3) is 5.10. The Morgan fingerprint density at radius 3 is 2.72 bits per heavy atom. The Bertz CT molecular complexity index is 1180. The average molecular weight is 529 g/mol. The zero-order valence-corrected chi connectivity index (χ0v) is 21.7. The number of hydrogen-bond acceptors (Lipinski definition) is 7. The van der Waals surface area contributed by atoms with Gasteiger partial charge in [0.25, 0.3) is 0 Å². The smallest absolute Gasteiger partial charge is 0.306 e. The number of nitrogens with zero attached hydrogens (tertiary/aromatic N) is 5. The predicted octanol–water partition coefficient (Wildman–Crippen LogP) is 4.84. The van der Waals surface area contributed by atoms with Crippen LogP contribution in [0.4, 0.5) is 11.8 Å². The summed E-state index contributed by atoms with van der Waals surface area (Å²) in [6.45, 7) is 5.88. The molecular formula is C26H30Cl2N6O2. The number of anilines is 2. The lowest BCUT2D eigenvalue weighted by atomic mass is 9.76. The molecule has 10 heteroatoms. The van der Waals surface area contributed by atoms with E-state index in [1.54, 1.807) is 18.3 Å². The third-order valence-electron chi connectivity index (χ3n) is 8.01. The van der Waals surface area contributed by atoms with Crippen molar-refractivity contribution in [2.24, 2.45) is 17.8 Å². The van der Waals surface area contributed by atoms with Crippen molar-refractivity contribution in [3.63, 3.8) is 0 Å². The number of nitriles is 1. The molecule has 36 heavy (non-hydrogen) atoms. The summed E-state index contributed by atoms with van der Waals surface area (Å²) in [4.78, 5) is 25.0. The van der Waals surface area contributed by atoms with Gasteiger partial charge in [-0.05, 0) is 68.7 Å². The molecule has 1 aliphatic carbocycles. The van der Waals surface area contributed by atoms with Gasteiger partial charge < -0.3 is 20.2 Å². The lowest BCUT2D eigenvalue weighted by Gasteiger charge is -2.50. The minimum absolute atomic E-state index is 0.163. The van der Waals surface area contributed by atoms with E-state index in [0.717, 1.165) is 44.6 Å². The van der Waals surface area contributed by atoms with Crippen molar-refractivity contribution in [3.05, 3.63) is 45.6 Å². The number of nitrogens with one attached hydrogen (secondary N) is 1. The van der Waals surface area contributed by atoms with Crippen molar-refractivity contribution in [2.75, 3.05) is 36.4 Å². The normalized spacial score (nSPS) is 25.4. The van der Waals surface area contributed by atoms with Crippen LogP contribution in [0, 0.1) is 29.1 Å². The van der Waals surface area contributed by atoms with Crippen LogP contribution in [0.3, 0.4) is 0 Å². The highest BCUT2D eigenvalue weighted by Gasteiger charge is 2.42. The van der Waals surface area contributed by atoms with Gasteiger partial charge in [-0.1, -0.05) is 29.3 Å².